The first-order valence-corrected chi connectivity index (χ1v) is 15.5. The molecule has 204 valence electrons. The zero-order chi connectivity index (χ0) is 28.1. The van der Waals surface area contributed by atoms with Crippen molar-refractivity contribution in [3.8, 4) is 11.1 Å². The Morgan fingerprint density at radius 3 is 2.54 bits per heavy atom. The third-order valence-corrected chi connectivity index (χ3v) is 9.41. The lowest BCUT2D eigenvalue weighted by atomic mass is 9.94. The van der Waals surface area contributed by atoms with Gasteiger partial charge in [0.15, 0.2) is 15.4 Å². The van der Waals surface area contributed by atoms with E-state index in [1.165, 1.54) is 6.07 Å². The minimum atomic E-state index is -3.53. The molecule has 10 heteroatoms. The number of sulfone groups is 1. The fourth-order valence-electron chi connectivity index (χ4n) is 5.10. The molecule has 0 amide bonds. The van der Waals surface area contributed by atoms with Gasteiger partial charge in [0.25, 0.3) is 5.56 Å². The van der Waals surface area contributed by atoms with Crippen LogP contribution in [-0.2, 0) is 22.0 Å². The maximum Gasteiger partial charge on any atom is 0.339 e. The van der Waals surface area contributed by atoms with Crippen LogP contribution in [-0.4, -0.2) is 30.5 Å². The van der Waals surface area contributed by atoms with Crippen LogP contribution in [0.5, 0.6) is 0 Å². The van der Waals surface area contributed by atoms with Crippen LogP contribution < -0.4 is 11.2 Å². The molecule has 1 fully saturated rings. The highest BCUT2D eigenvalue weighted by atomic mass is 127. The normalized spacial score (nSPS) is 13.8. The average Bonchev–Trinajstić information content (AvgIpc) is 3.68. The summed E-state index contributed by atoms with van der Waals surface area (Å²) in [5.74, 6) is -1.03. The molecule has 0 atom stereocenters. The van der Waals surface area contributed by atoms with E-state index in [-0.39, 0.29) is 46.1 Å². The molecule has 39 heavy (non-hydrogen) atoms. The Labute approximate surface area is 238 Å². The second-order valence-corrected chi connectivity index (χ2v) is 13.4. The number of aliphatic hydroxyl groups is 1. The summed E-state index contributed by atoms with van der Waals surface area (Å²) < 4.78 is 47.9. The lowest BCUT2D eigenvalue weighted by molar-refractivity contribution is 0.319. The highest BCUT2D eigenvalue weighted by Crippen LogP contribution is 2.40. The minimum absolute atomic E-state index is 0.00360. The molecule has 2 aromatic heterocycles. The first kappa shape index (κ1) is 27.7. The van der Waals surface area contributed by atoms with Gasteiger partial charge in [-0.2, -0.15) is 0 Å². The summed E-state index contributed by atoms with van der Waals surface area (Å²) in [7, 11) is -3.53. The number of aromatic nitrogens is 1. The van der Waals surface area contributed by atoms with Crippen LogP contribution in [0, 0.1) is 23.2 Å². The summed E-state index contributed by atoms with van der Waals surface area (Å²) in [5.41, 5.74) is 2.49. The molecule has 0 spiro atoms. The van der Waals surface area contributed by atoms with Gasteiger partial charge in [0.05, 0.1) is 23.5 Å². The second kappa shape index (κ2) is 10.6. The summed E-state index contributed by atoms with van der Waals surface area (Å²) >= 11 is 2.02. The van der Waals surface area contributed by atoms with Crippen LogP contribution in [0.2, 0.25) is 0 Å². The standard InChI is InChI=1S/C29H27FINO6S/c1-16-23(13-19-6-7-21(31)14-24(19)30)26-27(38-29(16)35)25(17(2)32(28(26)34)22-8-9-22)20-5-3-4-18(12-20)15-39(36,37)11-10-33/h3-7,12,14,22,33H,8-11,13,15H2,1-2H3. The van der Waals surface area contributed by atoms with Gasteiger partial charge in [-0.15, -0.1) is 0 Å². The van der Waals surface area contributed by atoms with Gasteiger partial charge in [-0.05, 0) is 89.7 Å². The molecule has 0 bridgehead atoms. The molecule has 1 N–H and O–H groups in total. The monoisotopic (exact) mass is 663 g/mol. The number of hydrogen-bond donors (Lipinski definition) is 1. The molecule has 1 aliphatic carbocycles. The van der Waals surface area contributed by atoms with Gasteiger partial charge >= 0.3 is 5.63 Å². The molecule has 2 heterocycles. The number of hydrogen-bond acceptors (Lipinski definition) is 6. The third-order valence-electron chi connectivity index (χ3n) is 7.16. The van der Waals surface area contributed by atoms with E-state index < -0.39 is 27.9 Å². The van der Waals surface area contributed by atoms with Crippen molar-refractivity contribution in [2.24, 2.45) is 0 Å². The van der Waals surface area contributed by atoms with E-state index in [0.29, 0.717) is 33.5 Å². The van der Waals surface area contributed by atoms with Crippen LogP contribution in [0.1, 0.15) is 46.8 Å². The van der Waals surface area contributed by atoms with Gasteiger partial charge in [-0.1, -0.05) is 24.3 Å². The fourth-order valence-corrected chi connectivity index (χ4v) is 6.66. The molecule has 2 aromatic carbocycles. The largest absolute Gasteiger partial charge is 0.422 e. The maximum atomic E-state index is 14.9. The SMILES string of the molecule is Cc1c(Cc2ccc(I)cc2F)c2c(=O)n(C3CC3)c(C)c(-c3cccc(CS(=O)(=O)CCO)c3)c2oc1=O. The van der Waals surface area contributed by atoms with Gasteiger partial charge in [-0.3, -0.25) is 4.79 Å². The van der Waals surface area contributed by atoms with Gasteiger partial charge in [0, 0.05) is 32.9 Å². The molecule has 0 unspecified atom stereocenters. The summed E-state index contributed by atoms with van der Waals surface area (Å²) in [6.45, 7) is 2.91. The van der Waals surface area contributed by atoms with Crippen LogP contribution >= 0.6 is 22.6 Å². The third kappa shape index (κ3) is 5.46. The van der Waals surface area contributed by atoms with E-state index in [1.807, 2.05) is 22.6 Å². The molecule has 7 nitrogen and oxygen atoms in total. The molecule has 1 aliphatic rings. The van der Waals surface area contributed by atoms with Crippen molar-refractivity contribution in [1.82, 2.24) is 4.57 Å². The number of rotatable bonds is 8. The molecular weight excluding hydrogens is 636 g/mol. The van der Waals surface area contributed by atoms with E-state index in [0.717, 1.165) is 16.4 Å². The summed E-state index contributed by atoms with van der Waals surface area (Å²) in [4.78, 5) is 27.0. The van der Waals surface area contributed by atoms with E-state index in [2.05, 4.69) is 0 Å². The number of aliphatic hydroxyl groups excluding tert-OH is 1. The predicted octanol–water partition coefficient (Wildman–Crippen LogP) is 4.82. The van der Waals surface area contributed by atoms with E-state index >= 15 is 0 Å². The number of fused-ring (bicyclic) bond motifs is 1. The smallest absolute Gasteiger partial charge is 0.339 e. The Bertz CT molecular complexity index is 1840. The van der Waals surface area contributed by atoms with Crippen molar-refractivity contribution in [2.75, 3.05) is 12.4 Å². The maximum absolute atomic E-state index is 14.9. The Kier molecular flexibility index (Phi) is 7.55. The first-order valence-electron chi connectivity index (χ1n) is 12.6. The van der Waals surface area contributed by atoms with Crippen LogP contribution in [0.4, 0.5) is 4.39 Å². The quantitative estimate of drug-likeness (QED) is 0.271. The minimum Gasteiger partial charge on any atom is -0.422 e. The number of pyridine rings is 1. The van der Waals surface area contributed by atoms with Crippen LogP contribution in [0.25, 0.3) is 22.1 Å². The number of nitrogens with zero attached hydrogens (tertiary/aromatic N) is 1. The molecule has 5 rings (SSSR count). The highest BCUT2D eigenvalue weighted by molar-refractivity contribution is 14.1. The summed E-state index contributed by atoms with van der Waals surface area (Å²) in [6, 6.07) is 11.7. The topological polar surface area (TPSA) is 107 Å². The Morgan fingerprint density at radius 2 is 1.87 bits per heavy atom. The number of halogens is 2. The van der Waals surface area contributed by atoms with Crippen molar-refractivity contribution in [1.29, 1.82) is 0 Å². The van der Waals surface area contributed by atoms with Gasteiger partial charge in [0.1, 0.15) is 5.82 Å². The Balaban J connectivity index is 1.79. The predicted molar refractivity (Wildman–Crippen MR) is 156 cm³/mol. The molecule has 0 saturated heterocycles. The van der Waals surface area contributed by atoms with E-state index in [9.17, 15) is 22.4 Å². The number of benzene rings is 2. The second-order valence-electron chi connectivity index (χ2n) is 9.99. The van der Waals surface area contributed by atoms with Crippen molar-refractivity contribution in [3.05, 3.63) is 101 Å². The Morgan fingerprint density at radius 1 is 1.13 bits per heavy atom. The zero-order valence-corrected chi connectivity index (χ0v) is 24.4. The summed E-state index contributed by atoms with van der Waals surface area (Å²) in [5, 5.41) is 9.35. The lowest BCUT2D eigenvalue weighted by Gasteiger charge is -2.19. The van der Waals surface area contributed by atoms with Gasteiger partial charge < -0.3 is 14.1 Å². The van der Waals surface area contributed by atoms with Crippen molar-refractivity contribution in [2.45, 2.75) is 44.9 Å². The van der Waals surface area contributed by atoms with Crippen molar-refractivity contribution < 1.29 is 22.3 Å². The van der Waals surface area contributed by atoms with Crippen molar-refractivity contribution >= 4 is 43.4 Å². The average molecular weight is 664 g/mol. The van der Waals surface area contributed by atoms with Gasteiger partial charge in [-0.25, -0.2) is 17.6 Å². The molecular formula is C29H27FINO6S. The highest BCUT2D eigenvalue weighted by Gasteiger charge is 2.31. The van der Waals surface area contributed by atoms with Gasteiger partial charge in [0.2, 0.25) is 0 Å². The molecule has 0 aliphatic heterocycles. The van der Waals surface area contributed by atoms with E-state index in [1.54, 1.807) is 54.8 Å². The fraction of sp³-hybridized carbons (Fsp3) is 0.310. The first-order chi connectivity index (χ1) is 18.5. The van der Waals surface area contributed by atoms with Crippen LogP contribution in [0.3, 0.4) is 0 Å². The molecule has 0 radical (unpaired) electrons. The van der Waals surface area contributed by atoms with Crippen LogP contribution in [0.15, 0.2) is 56.5 Å². The zero-order valence-electron chi connectivity index (χ0n) is 21.5. The summed E-state index contributed by atoms with van der Waals surface area (Å²) in [6.07, 6.45) is 1.71. The lowest BCUT2D eigenvalue weighted by Crippen LogP contribution is -2.25. The Hall–Kier alpha value is -2.83. The molecule has 4 aromatic rings. The molecule has 1 saturated carbocycles. The van der Waals surface area contributed by atoms with Crippen molar-refractivity contribution in [3.63, 3.8) is 0 Å². The van der Waals surface area contributed by atoms with E-state index in [4.69, 9.17) is 9.52 Å².